The van der Waals surface area contributed by atoms with E-state index in [9.17, 15) is 13.2 Å². The molecule has 4 nitrogen and oxygen atoms in total. The molecule has 5 heteroatoms. The van der Waals surface area contributed by atoms with Gasteiger partial charge >= 0.3 is 0 Å². The van der Waals surface area contributed by atoms with Crippen LogP contribution in [0.3, 0.4) is 0 Å². The lowest BCUT2D eigenvalue weighted by atomic mass is 9.97. The molecule has 0 N–H and O–H groups in total. The molecule has 1 unspecified atom stereocenters. The van der Waals surface area contributed by atoms with Gasteiger partial charge < -0.3 is 4.74 Å². The van der Waals surface area contributed by atoms with E-state index in [0.29, 0.717) is 12.2 Å². The largest absolute Gasteiger partial charge is 0.496 e. The second kappa shape index (κ2) is 5.10. The summed E-state index contributed by atoms with van der Waals surface area (Å²) in [4.78, 5) is 12.1. The smallest absolute Gasteiger partial charge is 0.151 e. The topological polar surface area (TPSA) is 60.4 Å². The molecule has 1 atom stereocenters. The molecule has 1 aliphatic heterocycles. The Morgan fingerprint density at radius 2 is 2.11 bits per heavy atom. The van der Waals surface area contributed by atoms with Gasteiger partial charge in [0, 0.05) is 17.9 Å². The number of ether oxygens (including phenoxy) is 1. The van der Waals surface area contributed by atoms with Crippen LogP contribution in [0.25, 0.3) is 0 Å². The van der Waals surface area contributed by atoms with E-state index in [1.165, 1.54) is 0 Å². The van der Waals surface area contributed by atoms with E-state index in [1.54, 1.807) is 13.2 Å². The number of carbonyl (C=O) groups is 1. The fraction of sp³-hybridized carbons (Fsp3) is 0.462. The highest BCUT2D eigenvalue weighted by molar-refractivity contribution is 7.91. The average Bonchev–Trinajstić information content (AvgIpc) is 2.70. The molecule has 0 aliphatic carbocycles. The zero-order chi connectivity index (χ0) is 13.2. The minimum absolute atomic E-state index is 0.000975. The summed E-state index contributed by atoms with van der Waals surface area (Å²) in [6.45, 7) is 0. The first-order valence-corrected chi connectivity index (χ1v) is 7.69. The minimum atomic E-state index is -3.00. The Balaban J connectivity index is 2.08. The van der Waals surface area contributed by atoms with Crippen molar-refractivity contribution in [3.05, 3.63) is 29.8 Å². The van der Waals surface area contributed by atoms with Gasteiger partial charge in [0.15, 0.2) is 9.84 Å². The molecule has 0 radical (unpaired) electrons. The zero-order valence-electron chi connectivity index (χ0n) is 10.3. The number of benzene rings is 1. The number of sulfone groups is 1. The first-order chi connectivity index (χ1) is 8.52. The van der Waals surface area contributed by atoms with Crippen LogP contribution in [-0.4, -0.2) is 32.8 Å². The van der Waals surface area contributed by atoms with E-state index in [-0.39, 0.29) is 29.6 Å². The molecule has 0 saturated carbocycles. The van der Waals surface area contributed by atoms with Gasteiger partial charge in [0.1, 0.15) is 11.5 Å². The molecule has 2 rings (SSSR count). The first kappa shape index (κ1) is 13.1. The van der Waals surface area contributed by atoms with Gasteiger partial charge in [-0.15, -0.1) is 0 Å². The summed E-state index contributed by atoms with van der Waals surface area (Å²) in [5, 5.41) is 0. The molecule has 0 aromatic heterocycles. The Labute approximate surface area is 107 Å². The van der Waals surface area contributed by atoms with Crippen molar-refractivity contribution in [2.45, 2.75) is 12.8 Å². The number of rotatable bonds is 4. The van der Waals surface area contributed by atoms with E-state index in [2.05, 4.69) is 0 Å². The molecule has 1 aromatic rings. The number of hydrogen-bond acceptors (Lipinski definition) is 4. The predicted octanol–water partition coefficient (Wildman–Crippen LogP) is 1.24. The second-order valence-corrected chi connectivity index (χ2v) is 6.78. The first-order valence-electron chi connectivity index (χ1n) is 5.87. The molecular formula is C13H16O4S. The van der Waals surface area contributed by atoms with E-state index in [4.69, 9.17) is 4.74 Å². The Hall–Kier alpha value is -1.36. The molecular weight excluding hydrogens is 252 g/mol. The number of Topliss-reactive ketones (excluding diaryl/α,β-unsaturated/α-hetero) is 1. The van der Waals surface area contributed by atoms with E-state index in [1.807, 2.05) is 18.2 Å². The van der Waals surface area contributed by atoms with Gasteiger partial charge in [-0.25, -0.2) is 8.42 Å². The highest BCUT2D eigenvalue weighted by atomic mass is 32.2. The van der Waals surface area contributed by atoms with Crippen LogP contribution < -0.4 is 4.74 Å². The normalized spacial score (nSPS) is 21.7. The third-order valence-corrected chi connectivity index (χ3v) is 5.01. The van der Waals surface area contributed by atoms with Crippen LogP contribution in [-0.2, 0) is 21.1 Å². The maximum absolute atomic E-state index is 12.1. The summed E-state index contributed by atoms with van der Waals surface area (Å²) < 4.78 is 27.9. The van der Waals surface area contributed by atoms with Crippen LogP contribution in [0.5, 0.6) is 5.75 Å². The van der Waals surface area contributed by atoms with Crippen LogP contribution >= 0.6 is 0 Å². The van der Waals surface area contributed by atoms with Crippen LogP contribution in [0.1, 0.15) is 12.0 Å². The molecule has 0 amide bonds. The molecule has 1 aliphatic rings. The van der Waals surface area contributed by atoms with Gasteiger partial charge in [0.2, 0.25) is 0 Å². The highest BCUT2D eigenvalue weighted by Gasteiger charge is 2.32. The third kappa shape index (κ3) is 2.90. The molecule has 1 aromatic carbocycles. The van der Waals surface area contributed by atoms with Crippen molar-refractivity contribution in [2.24, 2.45) is 5.92 Å². The van der Waals surface area contributed by atoms with Crippen molar-refractivity contribution in [2.75, 3.05) is 18.6 Å². The van der Waals surface area contributed by atoms with Crippen LogP contribution in [0.15, 0.2) is 24.3 Å². The lowest BCUT2D eigenvalue weighted by Gasteiger charge is -2.10. The third-order valence-electron chi connectivity index (χ3n) is 3.24. The van der Waals surface area contributed by atoms with E-state index in [0.717, 1.165) is 5.56 Å². The summed E-state index contributed by atoms with van der Waals surface area (Å²) in [5.74, 6) is 0.447. The van der Waals surface area contributed by atoms with Crippen molar-refractivity contribution in [1.29, 1.82) is 0 Å². The van der Waals surface area contributed by atoms with Crippen LogP contribution in [0, 0.1) is 5.92 Å². The number of para-hydroxylation sites is 1. The van der Waals surface area contributed by atoms with Crippen molar-refractivity contribution < 1.29 is 17.9 Å². The Morgan fingerprint density at radius 1 is 1.39 bits per heavy atom. The SMILES string of the molecule is COc1ccccc1CC(=O)C1CCS(=O)(=O)C1. The van der Waals surface area contributed by atoms with Gasteiger partial charge in [-0.05, 0) is 12.5 Å². The lowest BCUT2D eigenvalue weighted by Crippen LogP contribution is -2.18. The van der Waals surface area contributed by atoms with E-state index >= 15 is 0 Å². The second-order valence-electron chi connectivity index (χ2n) is 4.55. The van der Waals surface area contributed by atoms with Gasteiger partial charge in [-0.3, -0.25) is 4.79 Å². The maximum Gasteiger partial charge on any atom is 0.151 e. The maximum atomic E-state index is 12.1. The van der Waals surface area contributed by atoms with E-state index < -0.39 is 9.84 Å². The standard InChI is InChI=1S/C13H16O4S/c1-17-13-5-3-2-4-10(13)8-12(14)11-6-7-18(15,16)9-11/h2-5,11H,6-9H2,1H3. The molecule has 1 fully saturated rings. The monoisotopic (exact) mass is 268 g/mol. The van der Waals surface area contributed by atoms with Crippen molar-refractivity contribution in [1.82, 2.24) is 0 Å². The number of methoxy groups -OCH3 is 1. The number of ketones is 1. The molecule has 1 heterocycles. The van der Waals surface area contributed by atoms with Crippen molar-refractivity contribution in [3.8, 4) is 5.75 Å². The molecule has 1 saturated heterocycles. The van der Waals surface area contributed by atoms with Gasteiger partial charge in [-0.2, -0.15) is 0 Å². The lowest BCUT2D eigenvalue weighted by molar-refractivity contribution is -0.121. The quantitative estimate of drug-likeness (QED) is 0.824. The predicted molar refractivity (Wildman–Crippen MR) is 68.5 cm³/mol. The highest BCUT2D eigenvalue weighted by Crippen LogP contribution is 2.24. The number of hydrogen-bond donors (Lipinski definition) is 0. The number of carbonyl (C=O) groups excluding carboxylic acids is 1. The fourth-order valence-corrected chi connectivity index (χ4v) is 4.01. The zero-order valence-corrected chi connectivity index (χ0v) is 11.1. The summed E-state index contributed by atoms with van der Waals surface area (Å²) in [5.41, 5.74) is 0.814. The van der Waals surface area contributed by atoms with Crippen molar-refractivity contribution in [3.63, 3.8) is 0 Å². The molecule has 18 heavy (non-hydrogen) atoms. The Morgan fingerprint density at radius 3 is 2.72 bits per heavy atom. The Kier molecular flexibility index (Phi) is 3.71. The fourth-order valence-electron chi connectivity index (χ4n) is 2.23. The van der Waals surface area contributed by atoms with Gasteiger partial charge in [-0.1, -0.05) is 18.2 Å². The average molecular weight is 268 g/mol. The molecule has 98 valence electrons. The minimum Gasteiger partial charge on any atom is -0.496 e. The molecule has 0 bridgehead atoms. The Bertz CT molecular complexity index is 548. The molecule has 0 spiro atoms. The van der Waals surface area contributed by atoms with Crippen LogP contribution in [0.2, 0.25) is 0 Å². The van der Waals surface area contributed by atoms with Crippen LogP contribution in [0.4, 0.5) is 0 Å². The van der Waals surface area contributed by atoms with Gasteiger partial charge in [0.25, 0.3) is 0 Å². The summed E-state index contributed by atoms with van der Waals surface area (Å²) in [6, 6.07) is 7.32. The summed E-state index contributed by atoms with van der Waals surface area (Å²) in [7, 11) is -1.44. The van der Waals surface area contributed by atoms with Crippen molar-refractivity contribution >= 4 is 15.6 Å². The summed E-state index contributed by atoms with van der Waals surface area (Å²) >= 11 is 0. The summed E-state index contributed by atoms with van der Waals surface area (Å²) in [6.07, 6.45) is 0.695. The van der Waals surface area contributed by atoms with Gasteiger partial charge in [0.05, 0.1) is 18.6 Å².